The molecule has 10 heteroatoms. The van der Waals surface area contributed by atoms with Gasteiger partial charge in [0.2, 0.25) is 0 Å². The van der Waals surface area contributed by atoms with Crippen molar-refractivity contribution in [3.05, 3.63) is 29.3 Å². The van der Waals surface area contributed by atoms with Gasteiger partial charge in [0.15, 0.2) is 0 Å². The Morgan fingerprint density at radius 3 is 2.42 bits per heavy atom. The van der Waals surface area contributed by atoms with E-state index >= 15 is 0 Å². The van der Waals surface area contributed by atoms with Gasteiger partial charge in [0.25, 0.3) is 0 Å². The van der Waals surface area contributed by atoms with Crippen LogP contribution in [-0.2, 0) is 4.79 Å². The standard InChI is InChI=1S/C16H24BClN2O4.2ClH/c18-13-3-5-14(6-4-13)20-10-7-12(11-20)16(19,15(21)22)8-1-2-9-17(23)24;;/h3-6,12,23-24H,1-2,7-11,19H2,(H,21,22);2*1H/t12?,16-;;/m1../s1. The Kier molecular flexibility index (Phi) is 10.9. The first-order chi connectivity index (χ1) is 11.3. The lowest BCUT2D eigenvalue weighted by atomic mass is 9.77. The summed E-state index contributed by atoms with van der Waals surface area (Å²) >= 11 is 5.90. The van der Waals surface area contributed by atoms with Crippen LogP contribution in [0.5, 0.6) is 0 Å². The smallest absolute Gasteiger partial charge is 0.451 e. The van der Waals surface area contributed by atoms with Gasteiger partial charge in [-0.1, -0.05) is 24.4 Å². The summed E-state index contributed by atoms with van der Waals surface area (Å²) in [6.07, 6.45) is 2.37. The van der Waals surface area contributed by atoms with Gasteiger partial charge >= 0.3 is 13.1 Å². The van der Waals surface area contributed by atoms with Crippen LogP contribution >= 0.6 is 36.4 Å². The lowest BCUT2D eigenvalue weighted by Gasteiger charge is -2.31. The van der Waals surface area contributed by atoms with E-state index in [1.807, 2.05) is 24.3 Å². The van der Waals surface area contributed by atoms with Crippen LogP contribution in [-0.4, -0.2) is 46.9 Å². The van der Waals surface area contributed by atoms with Gasteiger partial charge in [-0.25, -0.2) is 0 Å². The van der Waals surface area contributed by atoms with Gasteiger partial charge < -0.3 is 25.8 Å². The number of carboxylic acids is 1. The van der Waals surface area contributed by atoms with Gasteiger partial charge in [-0.05, 0) is 43.4 Å². The molecule has 1 saturated heterocycles. The number of benzene rings is 1. The fourth-order valence-electron chi connectivity index (χ4n) is 3.30. The summed E-state index contributed by atoms with van der Waals surface area (Å²) in [7, 11) is -1.35. The van der Waals surface area contributed by atoms with Gasteiger partial charge in [-0.2, -0.15) is 0 Å². The normalized spacial score (nSPS) is 18.5. The number of nitrogens with two attached hydrogens (primary N) is 1. The fraction of sp³-hybridized carbons (Fsp3) is 0.562. The van der Waals surface area contributed by atoms with Crippen molar-refractivity contribution in [2.75, 3.05) is 18.0 Å². The Hall–Kier alpha value is -0.695. The number of aliphatic carboxylic acids is 1. The molecule has 1 aliphatic rings. The summed E-state index contributed by atoms with van der Waals surface area (Å²) in [6, 6.07) is 7.48. The van der Waals surface area contributed by atoms with E-state index in [0.29, 0.717) is 37.3 Å². The van der Waals surface area contributed by atoms with E-state index in [0.717, 1.165) is 12.2 Å². The lowest BCUT2D eigenvalue weighted by Crippen LogP contribution is -2.55. The second kappa shape index (κ2) is 11.2. The first-order valence-corrected chi connectivity index (χ1v) is 8.59. The molecular formula is C16H26BCl3N2O4. The Balaban J connectivity index is 0.00000312. The quantitative estimate of drug-likeness (QED) is 0.375. The van der Waals surface area contributed by atoms with E-state index in [2.05, 4.69) is 4.90 Å². The van der Waals surface area contributed by atoms with Crippen molar-refractivity contribution in [2.45, 2.75) is 37.5 Å². The molecule has 0 aliphatic carbocycles. The number of carboxylic acid groups (broad SMARTS) is 1. The van der Waals surface area contributed by atoms with Crippen LogP contribution in [0.15, 0.2) is 24.3 Å². The van der Waals surface area contributed by atoms with Gasteiger partial charge in [0, 0.05) is 29.7 Å². The SMILES string of the molecule is Cl.Cl.N[C@@](CCCCB(O)O)(C(=O)O)C1CCN(c2ccc(Cl)cc2)C1. The number of anilines is 1. The molecule has 0 saturated carbocycles. The molecule has 1 heterocycles. The van der Waals surface area contributed by atoms with Gasteiger partial charge in [-0.15, -0.1) is 24.8 Å². The Labute approximate surface area is 171 Å². The van der Waals surface area contributed by atoms with Crippen molar-refractivity contribution in [3.8, 4) is 0 Å². The highest BCUT2D eigenvalue weighted by Gasteiger charge is 2.44. The highest BCUT2D eigenvalue weighted by atomic mass is 35.5. The van der Waals surface area contributed by atoms with Crippen molar-refractivity contribution in [2.24, 2.45) is 11.7 Å². The number of rotatable bonds is 8. The summed E-state index contributed by atoms with van der Waals surface area (Å²) < 4.78 is 0. The summed E-state index contributed by atoms with van der Waals surface area (Å²) in [5.74, 6) is -1.14. The molecule has 26 heavy (non-hydrogen) atoms. The van der Waals surface area contributed by atoms with Crippen LogP contribution in [0.25, 0.3) is 0 Å². The highest BCUT2D eigenvalue weighted by molar-refractivity contribution is 6.40. The monoisotopic (exact) mass is 426 g/mol. The largest absolute Gasteiger partial charge is 0.480 e. The number of hydrogen-bond acceptors (Lipinski definition) is 5. The summed E-state index contributed by atoms with van der Waals surface area (Å²) in [4.78, 5) is 13.9. The topological polar surface area (TPSA) is 107 Å². The van der Waals surface area contributed by atoms with Gasteiger partial charge in [0.05, 0.1) is 0 Å². The molecule has 6 nitrogen and oxygen atoms in total. The van der Waals surface area contributed by atoms with Crippen molar-refractivity contribution >= 4 is 55.2 Å². The second-order valence-corrected chi connectivity index (χ2v) is 6.92. The minimum Gasteiger partial charge on any atom is -0.480 e. The first kappa shape index (κ1) is 25.3. The van der Waals surface area contributed by atoms with Crippen molar-refractivity contribution in [3.63, 3.8) is 0 Å². The number of hydrogen-bond donors (Lipinski definition) is 4. The molecule has 1 aromatic carbocycles. The average molecular weight is 428 g/mol. The molecule has 0 spiro atoms. The van der Waals surface area contributed by atoms with E-state index in [1.54, 1.807) is 0 Å². The number of carbonyl (C=O) groups is 1. The van der Waals surface area contributed by atoms with Crippen LogP contribution in [0, 0.1) is 5.92 Å². The maximum atomic E-state index is 11.8. The zero-order valence-electron chi connectivity index (χ0n) is 14.4. The van der Waals surface area contributed by atoms with Crippen molar-refractivity contribution in [1.29, 1.82) is 0 Å². The zero-order chi connectivity index (χ0) is 17.7. The lowest BCUT2D eigenvalue weighted by molar-refractivity contribution is -0.145. The minimum atomic E-state index is -1.35. The van der Waals surface area contributed by atoms with E-state index in [-0.39, 0.29) is 37.1 Å². The predicted octanol–water partition coefficient (Wildman–Crippen LogP) is 2.44. The Morgan fingerprint density at radius 1 is 1.27 bits per heavy atom. The van der Waals surface area contributed by atoms with Crippen molar-refractivity contribution in [1.82, 2.24) is 0 Å². The molecule has 1 aliphatic heterocycles. The molecule has 148 valence electrons. The molecular weight excluding hydrogens is 401 g/mol. The molecule has 1 aromatic rings. The minimum absolute atomic E-state index is 0. The second-order valence-electron chi connectivity index (χ2n) is 6.48. The number of nitrogens with zero attached hydrogens (tertiary/aromatic N) is 1. The molecule has 2 rings (SSSR count). The highest BCUT2D eigenvalue weighted by Crippen LogP contribution is 2.33. The third-order valence-corrected chi connectivity index (χ3v) is 5.06. The predicted molar refractivity (Wildman–Crippen MR) is 110 cm³/mol. The third-order valence-electron chi connectivity index (χ3n) is 4.81. The van der Waals surface area contributed by atoms with Crippen LogP contribution < -0.4 is 10.6 Å². The van der Waals surface area contributed by atoms with E-state index in [1.165, 1.54) is 0 Å². The molecule has 5 N–H and O–H groups in total. The fourth-order valence-corrected chi connectivity index (χ4v) is 3.42. The Morgan fingerprint density at radius 2 is 1.88 bits per heavy atom. The molecule has 0 aromatic heterocycles. The Bertz CT molecular complexity index is 565. The van der Waals surface area contributed by atoms with Crippen LogP contribution in [0.3, 0.4) is 0 Å². The summed E-state index contributed by atoms with van der Waals surface area (Å²) in [5.41, 5.74) is 5.98. The van der Waals surface area contributed by atoms with E-state index in [9.17, 15) is 9.90 Å². The molecule has 0 radical (unpaired) electrons. The van der Waals surface area contributed by atoms with E-state index < -0.39 is 18.6 Å². The molecule has 2 atom stereocenters. The van der Waals surface area contributed by atoms with Crippen LogP contribution in [0.1, 0.15) is 25.7 Å². The van der Waals surface area contributed by atoms with Crippen molar-refractivity contribution < 1.29 is 19.9 Å². The van der Waals surface area contributed by atoms with Crippen LogP contribution in [0.2, 0.25) is 11.3 Å². The third kappa shape index (κ3) is 6.48. The molecule has 0 bridgehead atoms. The zero-order valence-corrected chi connectivity index (χ0v) is 16.8. The van der Waals surface area contributed by atoms with Crippen LogP contribution in [0.4, 0.5) is 5.69 Å². The average Bonchev–Trinajstić information content (AvgIpc) is 3.02. The summed E-state index contributed by atoms with van der Waals surface area (Å²) in [6.45, 7) is 1.35. The maximum absolute atomic E-state index is 11.8. The van der Waals surface area contributed by atoms with Gasteiger partial charge in [0.1, 0.15) is 5.54 Å². The maximum Gasteiger partial charge on any atom is 0.451 e. The first-order valence-electron chi connectivity index (χ1n) is 8.22. The number of unbranched alkanes of at least 4 members (excludes halogenated alkanes) is 1. The number of halogens is 3. The van der Waals surface area contributed by atoms with E-state index in [4.69, 9.17) is 27.4 Å². The molecule has 1 unspecified atom stereocenters. The summed E-state index contributed by atoms with van der Waals surface area (Å²) in [5, 5.41) is 28.1. The molecule has 1 fully saturated rings. The van der Waals surface area contributed by atoms with Gasteiger partial charge in [-0.3, -0.25) is 4.79 Å². The molecule has 0 amide bonds.